The molecule has 0 aromatic heterocycles. The van der Waals surface area contributed by atoms with E-state index in [4.69, 9.17) is 0 Å². The first-order valence-electron chi connectivity index (χ1n) is 10.2. The SMILES string of the molecule is CCN(C(=O)c1ccc(NCC(=O)NCCc2ccccc2)cc1)c1ccccc1. The maximum atomic E-state index is 12.8. The van der Waals surface area contributed by atoms with Crippen molar-refractivity contribution >= 4 is 23.2 Å². The Labute approximate surface area is 177 Å². The minimum absolute atomic E-state index is 0.0473. The van der Waals surface area contributed by atoms with Crippen LogP contribution < -0.4 is 15.5 Å². The Morgan fingerprint density at radius 3 is 2.10 bits per heavy atom. The Kier molecular flexibility index (Phi) is 7.61. The van der Waals surface area contributed by atoms with Gasteiger partial charge in [0.15, 0.2) is 0 Å². The lowest BCUT2D eigenvalue weighted by molar-refractivity contribution is -0.119. The van der Waals surface area contributed by atoms with Gasteiger partial charge in [-0.15, -0.1) is 0 Å². The Balaban J connectivity index is 1.48. The molecule has 5 heteroatoms. The molecule has 0 aliphatic rings. The highest BCUT2D eigenvalue weighted by Crippen LogP contribution is 2.18. The van der Waals surface area contributed by atoms with E-state index in [1.54, 1.807) is 17.0 Å². The van der Waals surface area contributed by atoms with Crippen LogP contribution in [0.3, 0.4) is 0 Å². The first-order valence-corrected chi connectivity index (χ1v) is 10.2. The summed E-state index contributed by atoms with van der Waals surface area (Å²) < 4.78 is 0. The molecule has 5 nitrogen and oxygen atoms in total. The third-order valence-electron chi connectivity index (χ3n) is 4.79. The summed E-state index contributed by atoms with van der Waals surface area (Å²) >= 11 is 0. The molecule has 0 heterocycles. The molecule has 0 spiro atoms. The fourth-order valence-electron chi connectivity index (χ4n) is 3.17. The molecule has 154 valence electrons. The Morgan fingerprint density at radius 2 is 1.47 bits per heavy atom. The van der Waals surface area contributed by atoms with Gasteiger partial charge < -0.3 is 15.5 Å². The molecule has 0 aliphatic heterocycles. The molecule has 3 aromatic carbocycles. The second-order valence-corrected chi connectivity index (χ2v) is 6.90. The van der Waals surface area contributed by atoms with E-state index in [9.17, 15) is 9.59 Å². The average molecular weight is 402 g/mol. The van der Waals surface area contributed by atoms with E-state index in [0.717, 1.165) is 17.8 Å². The van der Waals surface area contributed by atoms with Crippen LogP contribution in [-0.4, -0.2) is 31.4 Å². The lowest BCUT2D eigenvalue weighted by Gasteiger charge is -2.21. The Morgan fingerprint density at radius 1 is 0.833 bits per heavy atom. The molecular weight excluding hydrogens is 374 g/mol. The number of amides is 2. The molecule has 3 aromatic rings. The van der Waals surface area contributed by atoms with Crippen LogP contribution in [0, 0.1) is 0 Å². The Bertz CT molecular complexity index is 941. The van der Waals surface area contributed by atoms with Gasteiger partial charge in [0.2, 0.25) is 5.91 Å². The predicted octanol–water partition coefficient (Wildman–Crippen LogP) is 4.12. The van der Waals surface area contributed by atoms with E-state index >= 15 is 0 Å². The van der Waals surface area contributed by atoms with E-state index in [0.29, 0.717) is 18.7 Å². The molecule has 2 N–H and O–H groups in total. The first kappa shape index (κ1) is 21.1. The van der Waals surface area contributed by atoms with Crippen LogP contribution in [0.2, 0.25) is 0 Å². The molecule has 0 saturated heterocycles. The summed E-state index contributed by atoms with van der Waals surface area (Å²) in [5.41, 5.74) is 3.48. The van der Waals surface area contributed by atoms with Gasteiger partial charge in [0.25, 0.3) is 5.91 Å². The van der Waals surface area contributed by atoms with Gasteiger partial charge in [0.1, 0.15) is 0 Å². The third-order valence-corrected chi connectivity index (χ3v) is 4.79. The van der Waals surface area contributed by atoms with Crippen molar-refractivity contribution in [3.8, 4) is 0 Å². The van der Waals surface area contributed by atoms with Crippen molar-refractivity contribution < 1.29 is 9.59 Å². The largest absolute Gasteiger partial charge is 0.376 e. The quantitative estimate of drug-likeness (QED) is 0.567. The molecule has 0 fully saturated rings. The van der Waals surface area contributed by atoms with Crippen molar-refractivity contribution in [2.24, 2.45) is 0 Å². The van der Waals surface area contributed by atoms with E-state index in [2.05, 4.69) is 10.6 Å². The summed E-state index contributed by atoms with van der Waals surface area (Å²) in [5.74, 6) is -0.110. The second kappa shape index (κ2) is 10.8. The fraction of sp³-hybridized carbons (Fsp3) is 0.200. The van der Waals surface area contributed by atoms with Crippen molar-refractivity contribution in [1.82, 2.24) is 5.32 Å². The molecule has 0 aliphatic carbocycles. The highest BCUT2D eigenvalue weighted by atomic mass is 16.2. The number of hydrogen-bond acceptors (Lipinski definition) is 3. The maximum Gasteiger partial charge on any atom is 0.258 e. The van der Waals surface area contributed by atoms with Crippen LogP contribution in [0.4, 0.5) is 11.4 Å². The monoisotopic (exact) mass is 401 g/mol. The molecule has 2 amide bonds. The average Bonchev–Trinajstić information content (AvgIpc) is 2.80. The number of hydrogen-bond donors (Lipinski definition) is 2. The number of para-hydroxylation sites is 1. The van der Waals surface area contributed by atoms with Gasteiger partial charge >= 0.3 is 0 Å². The van der Waals surface area contributed by atoms with Crippen LogP contribution in [-0.2, 0) is 11.2 Å². The van der Waals surface area contributed by atoms with Gasteiger partial charge in [-0.1, -0.05) is 48.5 Å². The third kappa shape index (κ3) is 5.95. The smallest absolute Gasteiger partial charge is 0.258 e. The van der Waals surface area contributed by atoms with Gasteiger partial charge in [0, 0.05) is 30.0 Å². The zero-order chi connectivity index (χ0) is 21.2. The zero-order valence-electron chi connectivity index (χ0n) is 17.2. The lowest BCUT2D eigenvalue weighted by Crippen LogP contribution is -2.31. The van der Waals surface area contributed by atoms with Gasteiger partial charge in [-0.25, -0.2) is 0 Å². The summed E-state index contributed by atoms with van der Waals surface area (Å²) in [6.07, 6.45) is 0.804. The van der Waals surface area contributed by atoms with Crippen molar-refractivity contribution in [3.63, 3.8) is 0 Å². The van der Waals surface area contributed by atoms with E-state index in [1.165, 1.54) is 5.56 Å². The van der Waals surface area contributed by atoms with E-state index < -0.39 is 0 Å². The molecule has 0 unspecified atom stereocenters. The number of anilines is 2. The lowest BCUT2D eigenvalue weighted by atomic mass is 10.1. The molecule has 0 atom stereocenters. The zero-order valence-corrected chi connectivity index (χ0v) is 17.2. The van der Waals surface area contributed by atoms with Crippen LogP contribution in [0.25, 0.3) is 0 Å². The van der Waals surface area contributed by atoms with Gasteiger partial charge in [0.05, 0.1) is 6.54 Å². The molecular formula is C25H27N3O2. The number of nitrogens with one attached hydrogen (secondary N) is 2. The number of carbonyl (C=O) groups is 2. The number of nitrogens with zero attached hydrogens (tertiary/aromatic N) is 1. The van der Waals surface area contributed by atoms with Crippen LogP contribution in [0.5, 0.6) is 0 Å². The Hall–Kier alpha value is -3.60. The van der Waals surface area contributed by atoms with Gasteiger partial charge in [-0.05, 0) is 55.3 Å². The highest BCUT2D eigenvalue weighted by Gasteiger charge is 2.15. The van der Waals surface area contributed by atoms with E-state index in [-0.39, 0.29) is 18.4 Å². The highest BCUT2D eigenvalue weighted by molar-refractivity contribution is 6.06. The van der Waals surface area contributed by atoms with Gasteiger partial charge in [-0.3, -0.25) is 9.59 Å². The summed E-state index contributed by atoms with van der Waals surface area (Å²) in [4.78, 5) is 26.6. The normalized spacial score (nSPS) is 10.3. The van der Waals surface area contributed by atoms with Crippen LogP contribution >= 0.6 is 0 Å². The first-order chi connectivity index (χ1) is 14.7. The van der Waals surface area contributed by atoms with Crippen molar-refractivity contribution in [1.29, 1.82) is 0 Å². The summed E-state index contributed by atoms with van der Waals surface area (Å²) in [6.45, 7) is 3.33. The standard InChI is InChI=1S/C25H27N3O2/c1-2-28(23-11-7-4-8-12-23)25(30)21-13-15-22(16-14-21)27-19-24(29)26-18-17-20-9-5-3-6-10-20/h3-16,27H,2,17-19H2,1H3,(H,26,29). The van der Waals surface area contributed by atoms with Crippen molar-refractivity contribution in [2.75, 3.05) is 29.9 Å². The summed E-state index contributed by atoms with van der Waals surface area (Å²) in [5, 5.41) is 6.01. The maximum absolute atomic E-state index is 12.8. The number of rotatable bonds is 9. The predicted molar refractivity (Wildman–Crippen MR) is 122 cm³/mol. The minimum Gasteiger partial charge on any atom is -0.376 e. The number of carbonyl (C=O) groups excluding carboxylic acids is 2. The summed E-state index contributed by atoms with van der Waals surface area (Å²) in [6, 6.07) is 26.9. The minimum atomic E-state index is -0.0627. The number of benzene rings is 3. The van der Waals surface area contributed by atoms with Crippen molar-refractivity contribution in [2.45, 2.75) is 13.3 Å². The van der Waals surface area contributed by atoms with Crippen molar-refractivity contribution in [3.05, 3.63) is 96.1 Å². The molecule has 3 rings (SSSR count). The molecule has 0 bridgehead atoms. The fourth-order valence-corrected chi connectivity index (χ4v) is 3.17. The topological polar surface area (TPSA) is 61.4 Å². The molecule has 0 radical (unpaired) electrons. The van der Waals surface area contributed by atoms with Crippen LogP contribution in [0.15, 0.2) is 84.9 Å². The van der Waals surface area contributed by atoms with Crippen LogP contribution in [0.1, 0.15) is 22.8 Å². The van der Waals surface area contributed by atoms with Gasteiger partial charge in [-0.2, -0.15) is 0 Å². The second-order valence-electron chi connectivity index (χ2n) is 6.90. The van der Waals surface area contributed by atoms with E-state index in [1.807, 2.05) is 79.7 Å². The molecule has 30 heavy (non-hydrogen) atoms. The molecule has 0 saturated carbocycles. The summed E-state index contributed by atoms with van der Waals surface area (Å²) in [7, 11) is 0.